The molecule has 1 aliphatic heterocycles. The maximum absolute atomic E-state index is 11.9. The zero-order chi connectivity index (χ0) is 16.9. The van der Waals surface area contributed by atoms with E-state index in [1.54, 1.807) is 12.3 Å². The molecule has 3 N–H and O–H groups in total. The van der Waals surface area contributed by atoms with Gasteiger partial charge in [-0.05, 0) is 12.1 Å². The van der Waals surface area contributed by atoms with E-state index >= 15 is 0 Å². The Morgan fingerprint density at radius 2 is 2.12 bits per heavy atom. The van der Waals surface area contributed by atoms with Gasteiger partial charge in [-0.25, -0.2) is 4.98 Å². The van der Waals surface area contributed by atoms with E-state index < -0.39 is 6.10 Å². The number of oxazole rings is 1. The first-order chi connectivity index (χ1) is 11.6. The Labute approximate surface area is 169 Å². The number of aliphatic hydroxyl groups is 1. The number of carbonyl (C=O) groups excluding carboxylic acids is 1. The van der Waals surface area contributed by atoms with Crippen molar-refractivity contribution in [2.24, 2.45) is 5.92 Å². The summed E-state index contributed by atoms with van der Waals surface area (Å²) in [5, 5.41) is 16.2. The van der Waals surface area contributed by atoms with Crippen LogP contribution in [-0.4, -0.2) is 41.7 Å². The predicted octanol–water partition coefficient (Wildman–Crippen LogP) is 2.47. The zero-order valence-electron chi connectivity index (χ0n) is 14.0. The van der Waals surface area contributed by atoms with Gasteiger partial charge >= 0.3 is 0 Å². The molecule has 2 atom stereocenters. The molecule has 1 aliphatic rings. The molecule has 0 bridgehead atoms. The van der Waals surface area contributed by atoms with Crippen molar-refractivity contribution in [2.75, 3.05) is 19.6 Å². The first kappa shape index (κ1) is 22.7. The van der Waals surface area contributed by atoms with Crippen molar-refractivity contribution in [3.05, 3.63) is 41.4 Å². The Morgan fingerprint density at radius 1 is 1.35 bits per heavy atom. The number of aromatic nitrogens is 1. The van der Waals surface area contributed by atoms with E-state index in [4.69, 9.17) is 16.0 Å². The molecule has 1 aromatic carbocycles. The molecular formula is C17H22Cl3N3O3. The monoisotopic (exact) mass is 421 g/mol. The van der Waals surface area contributed by atoms with Gasteiger partial charge in [0.25, 0.3) is 0 Å². The van der Waals surface area contributed by atoms with Crippen LogP contribution in [0.5, 0.6) is 0 Å². The Bertz CT molecular complexity index is 711. The molecule has 1 fully saturated rings. The lowest BCUT2D eigenvalue weighted by Crippen LogP contribution is -2.34. The number of aliphatic hydroxyl groups excluding tert-OH is 1. The number of hydrogen-bond donors (Lipinski definition) is 3. The number of halogens is 3. The van der Waals surface area contributed by atoms with Crippen LogP contribution in [0.25, 0.3) is 11.3 Å². The Hall–Kier alpha value is -1.31. The lowest BCUT2D eigenvalue weighted by atomic mass is 10.1. The summed E-state index contributed by atoms with van der Waals surface area (Å²) < 4.78 is 5.67. The summed E-state index contributed by atoms with van der Waals surface area (Å²) >= 11 is 6.13. The summed E-state index contributed by atoms with van der Waals surface area (Å²) in [6, 6.07) is 7.38. The fraction of sp³-hybridized carbons (Fsp3) is 0.412. The number of benzene rings is 1. The summed E-state index contributed by atoms with van der Waals surface area (Å²) in [4.78, 5) is 16.1. The van der Waals surface area contributed by atoms with Gasteiger partial charge in [-0.1, -0.05) is 23.7 Å². The summed E-state index contributed by atoms with van der Waals surface area (Å²) in [5.74, 6) is 1.09. The molecule has 1 amide bonds. The standard InChI is InChI=1S/C17H20ClN3O3.2ClH/c18-13-4-2-1-3-12(13)15-10-21-17(24-15)6-5-16(23)20-8-11-7-19-9-14(11)22;;/h1-4,10-11,14,19,22H,5-9H2,(H,20,23);2*1H. The van der Waals surface area contributed by atoms with Crippen molar-refractivity contribution < 1.29 is 14.3 Å². The summed E-state index contributed by atoms with van der Waals surface area (Å²) in [5.41, 5.74) is 0.782. The van der Waals surface area contributed by atoms with E-state index in [0.29, 0.717) is 42.6 Å². The van der Waals surface area contributed by atoms with Crippen LogP contribution in [0.1, 0.15) is 12.3 Å². The molecule has 0 aliphatic carbocycles. The van der Waals surface area contributed by atoms with E-state index in [1.165, 1.54) is 0 Å². The van der Waals surface area contributed by atoms with E-state index in [-0.39, 0.29) is 36.6 Å². The largest absolute Gasteiger partial charge is 0.441 e. The quantitative estimate of drug-likeness (QED) is 0.666. The van der Waals surface area contributed by atoms with Gasteiger partial charge in [-0.3, -0.25) is 4.79 Å². The van der Waals surface area contributed by atoms with Crippen molar-refractivity contribution >= 4 is 42.3 Å². The van der Waals surface area contributed by atoms with Gasteiger partial charge in [0.15, 0.2) is 11.7 Å². The Balaban J connectivity index is 0.00000169. The van der Waals surface area contributed by atoms with Gasteiger partial charge in [0.2, 0.25) is 5.91 Å². The van der Waals surface area contributed by atoms with Crippen molar-refractivity contribution in [3.63, 3.8) is 0 Å². The zero-order valence-corrected chi connectivity index (χ0v) is 16.4. The average Bonchev–Trinajstić information content (AvgIpc) is 3.20. The number of β-amino-alcohol motifs (C(OH)–C–C–N with tert-alkyl or cyclic N) is 1. The molecule has 0 radical (unpaired) electrons. The maximum atomic E-state index is 11.9. The minimum Gasteiger partial charge on any atom is -0.441 e. The third kappa shape index (κ3) is 5.86. The summed E-state index contributed by atoms with van der Waals surface area (Å²) in [6.45, 7) is 1.79. The molecule has 0 saturated carbocycles. The molecule has 6 nitrogen and oxygen atoms in total. The van der Waals surface area contributed by atoms with Crippen molar-refractivity contribution in [1.29, 1.82) is 0 Å². The first-order valence-electron chi connectivity index (χ1n) is 7.98. The second kappa shape index (κ2) is 10.7. The molecule has 2 unspecified atom stereocenters. The topological polar surface area (TPSA) is 87.4 Å². The normalized spacial score (nSPS) is 18.7. The number of hydrogen-bond acceptors (Lipinski definition) is 5. The van der Waals surface area contributed by atoms with Gasteiger partial charge in [0.1, 0.15) is 0 Å². The Kier molecular flexibility index (Phi) is 9.39. The lowest BCUT2D eigenvalue weighted by molar-refractivity contribution is -0.121. The van der Waals surface area contributed by atoms with Gasteiger partial charge in [0, 0.05) is 44.0 Å². The molecule has 2 heterocycles. The third-order valence-electron chi connectivity index (χ3n) is 4.12. The van der Waals surface area contributed by atoms with Gasteiger partial charge in [-0.2, -0.15) is 0 Å². The van der Waals surface area contributed by atoms with Crippen LogP contribution in [0, 0.1) is 5.92 Å². The SMILES string of the molecule is Cl.Cl.O=C(CCc1ncc(-c2ccccc2Cl)o1)NCC1CNCC1O. The predicted molar refractivity (Wildman–Crippen MR) is 105 cm³/mol. The number of nitrogens with zero attached hydrogens (tertiary/aromatic N) is 1. The summed E-state index contributed by atoms with van der Waals surface area (Å²) in [6.07, 6.45) is 1.94. The number of nitrogens with one attached hydrogen (secondary N) is 2. The van der Waals surface area contributed by atoms with E-state index in [9.17, 15) is 9.90 Å². The molecule has 144 valence electrons. The molecule has 26 heavy (non-hydrogen) atoms. The highest BCUT2D eigenvalue weighted by Crippen LogP contribution is 2.28. The van der Waals surface area contributed by atoms with Crippen molar-refractivity contribution in [1.82, 2.24) is 15.6 Å². The van der Waals surface area contributed by atoms with Crippen LogP contribution >= 0.6 is 36.4 Å². The molecule has 0 spiro atoms. The molecule has 3 rings (SSSR count). The second-order valence-corrected chi connectivity index (χ2v) is 6.30. The van der Waals surface area contributed by atoms with Crippen LogP contribution in [0.15, 0.2) is 34.9 Å². The van der Waals surface area contributed by atoms with Gasteiger partial charge in [0.05, 0.1) is 17.3 Å². The number of aryl methyl sites for hydroxylation is 1. The van der Waals surface area contributed by atoms with Gasteiger partial charge < -0.3 is 20.2 Å². The molecular weight excluding hydrogens is 401 g/mol. The maximum Gasteiger partial charge on any atom is 0.220 e. The number of rotatable bonds is 6. The van der Waals surface area contributed by atoms with Gasteiger partial charge in [-0.15, -0.1) is 24.8 Å². The van der Waals surface area contributed by atoms with Crippen LogP contribution in [0.3, 0.4) is 0 Å². The first-order valence-corrected chi connectivity index (χ1v) is 8.36. The molecule has 1 aromatic heterocycles. The van der Waals surface area contributed by atoms with E-state index in [1.807, 2.05) is 18.2 Å². The third-order valence-corrected chi connectivity index (χ3v) is 4.45. The molecule has 2 aromatic rings. The fourth-order valence-electron chi connectivity index (χ4n) is 2.69. The van der Waals surface area contributed by atoms with Crippen LogP contribution < -0.4 is 10.6 Å². The van der Waals surface area contributed by atoms with Crippen molar-refractivity contribution in [3.8, 4) is 11.3 Å². The molecule has 1 saturated heterocycles. The highest BCUT2D eigenvalue weighted by molar-refractivity contribution is 6.33. The van der Waals surface area contributed by atoms with E-state index in [2.05, 4.69) is 15.6 Å². The minimum atomic E-state index is -0.393. The highest BCUT2D eigenvalue weighted by Gasteiger charge is 2.24. The smallest absolute Gasteiger partial charge is 0.220 e. The van der Waals surface area contributed by atoms with Crippen LogP contribution in [-0.2, 0) is 11.2 Å². The number of amides is 1. The number of carbonyl (C=O) groups is 1. The van der Waals surface area contributed by atoms with Crippen LogP contribution in [0.4, 0.5) is 0 Å². The Morgan fingerprint density at radius 3 is 2.81 bits per heavy atom. The lowest BCUT2D eigenvalue weighted by Gasteiger charge is -2.13. The van der Waals surface area contributed by atoms with Crippen LogP contribution in [0.2, 0.25) is 5.02 Å². The second-order valence-electron chi connectivity index (χ2n) is 5.89. The van der Waals surface area contributed by atoms with Crippen molar-refractivity contribution in [2.45, 2.75) is 18.9 Å². The molecule has 9 heteroatoms. The highest BCUT2D eigenvalue weighted by atomic mass is 35.5. The summed E-state index contributed by atoms with van der Waals surface area (Å²) in [7, 11) is 0. The minimum absolute atomic E-state index is 0. The van der Waals surface area contributed by atoms with E-state index in [0.717, 1.165) is 12.1 Å². The fourth-order valence-corrected chi connectivity index (χ4v) is 2.92. The average molecular weight is 423 g/mol.